The van der Waals surface area contributed by atoms with Crippen LogP contribution in [-0.4, -0.2) is 40.4 Å². The zero-order valence-electron chi connectivity index (χ0n) is 17.8. The normalized spacial score (nSPS) is 12.0. The molecule has 0 saturated carbocycles. The van der Waals surface area contributed by atoms with Crippen LogP contribution in [0.3, 0.4) is 0 Å². The molecule has 2 N–H and O–H groups in total. The first-order valence-corrected chi connectivity index (χ1v) is 10.3. The van der Waals surface area contributed by atoms with Crippen LogP contribution in [0.2, 0.25) is 0 Å². The highest BCUT2D eigenvalue weighted by Crippen LogP contribution is 2.39. The third kappa shape index (κ3) is 7.58. The highest BCUT2D eigenvalue weighted by atomic mass is 127. The van der Waals surface area contributed by atoms with Crippen LogP contribution in [0.1, 0.15) is 24.3 Å². The first-order valence-electron chi connectivity index (χ1n) is 9.45. The summed E-state index contributed by atoms with van der Waals surface area (Å²) in [6, 6.07) is 8.11. The van der Waals surface area contributed by atoms with Crippen LogP contribution >= 0.6 is 35.3 Å². The molecule has 0 saturated heterocycles. The van der Waals surface area contributed by atoms with Gasteiger partial charge in [-0.2, -0.15) is 0 Å². The van der Waals surface area contributed by atoms with Crippen molar-refractivity contribution in [2.75, 3.05) is 34.4 Å². The van der Waals surface area contributed by atoms with Crippen molar-refractivity contribution in [1.29, 1.82) is 0 Å². The molecule has 29 heavy (non-hydrogen) atoms. The molecule has 1 atom stereocenters. The number of guanidine groups is 1. The zero-order valence-corrected chi connectivity index (χ0v) is 20.9. The fourth-order valence-corrected chi connectivity index (χ4v) is 3.78. The summed E-state index contributed by atoms with van der Waals surface area (Å²) in [6.45, 7) is 6.43. The van der Waals surface area contributed by atoms with Gasteiger partial charge < -0.3 is 24.8 Å². The van der Waals surface area contributed by atoms with Gasteiger partial charge in [0.25, 0.3) is 0 Å². The first-order chi connectivity index (χ1) is 13.6. The molecule has 0 fully saturated rings. The van der Waals surface area contributed by atoms with Gasteiger partial charge in [-0.1, -0.05) is 13.0 Å². The number of nitrogens with zero attached hydrogens (tertiary/aromatic N) is 1. The predicted molar refractivity (Wildman–Crippen MR) is 132 cm³/mol. The molecule has 0 radical (unpaired) electrons. The Hall–Kier alpha value is -1.68. The standard InChI is InChI=1S/C21H31N3O3S.HI/c1-6-22-21(23-13-15(2)12-17-8-7-11-28-17)24-14-16-9-10-18(25-3)20(27-5)19(16)26-4;/h7-11,15H,6,12-14H2,1-5H3,(H2,22,23,24);1H. The second kappa shape index (κ2) is 13.5. The summed E-state index contributed by atoms with van der Waals surface area (Å²) in [4.78, 5) is 6.12. The molecule has 0 bridgehead atoms. The molecule has 1 unspecified atom stereocenters. The van der Waals surface area contributed by atoms with Crippen molar-refractivity contribution < 1.29 is 14.2 Å². The van der Waals surface area contributed by atoms with E-state index in [9.17, 15) is 0 Å². The van der Waals surface area contributed by atoms with E-state index >= 15 is 0 Å². The van der Waals surface area contributed by atoms with Gasteiger partial charge in [-0.3, -0.25) is 0 Å². The molecule has 2 aromatic rings. The average molecular weight is 533 g/mol. The molecule has 0 spiro atoms. The van der Waals surface area contributed by atoms with Crippen LogP contribution < -0.4 is 24.8 Å². The molecular weight excluding hydrogens is 501 g/mol. The van der Waals surface area contributed by atoms with Gasteiger partial charge in [0.15, 0.2) is 17.5 Å². The van der Waals surface area contributed by atoms with Crippen molar-refractivity contribution in [2.24, 2.45) is 10.9 Å². The molecule has 8 heteroatoms. The largest absolute Gasteiger partial charge is 0.493 e. The lowest BCUT2D eigenvalue weighted by molar-refractivity contribution is 0.322. The Morgan fingerprint density at radius 3 is 2.41 bits per heavy atom. The number of ether oxygens (including phenoxy) is 3. The maximum atomic E-state index is 5.55. The molecule has 0 aliphatic heterocycles. The Morgan fingerprint density at radius 1 is 1.07 bits per heavy atom. The Kier molecular flexibility index (Phi) is 11.8. The summed E-state index contributed by atoms with van der Waals surface area (Å²) in [5, 5.41) is 8.86. The number of benzene rings is 1. The first kappa shape index (κ1) is 25.4. The van der Waals surface area contributed by atoms with Gasteiger partial charge in [0.2, 0.25) is 5.75 Å². The molecule has 0 amide bonds. The average Bonchev–Trinajstić information content (AvgIpc) is 3.22. The number of rotatable bonds is 10. The second-order valence-electron chi connectivity index (χ2n) is 6.46. The number of nitrogens with one attached hydrogen (secondary N) is 2. The Balaban J connectivity index is 0.00000420. The molecule has 0 aliphatic rings. The highest BCUT2D eigenvalue weighted by molar-refractivity contribution is 14.0. The monoisotopic (exact) mass is 533 g/mol. The summed E-state index contributed by atoms with van der Waals surface area (Å²) in [7, 11) is 4.84. The highest BCUT2D eigenvalue weighted by Gasteiger charge is 2.15. The van der Waals surface area contributed by atoms with Gasteiger partial charge >= 0.3 is 0 Å². The molecule has 6 nitrogen and oxygen atoms in total. The van der Waals surface area contributed by atoms with E-state index in [0.717, 1.165) is 31.0 Å². The number of hydrogen-bond acceptors (Lipinski definition) is 5. The van der Waals surface area contributed by atoms with Crippen molar-refractivity contribution in [3.05, 3.63) is 40.1 Å². The van der Waals surface area contributed by atoms with E-state index in [2.05, 4.69) is 42.0 Å². The van der Waals surface area contributed by atoms with Crippen molar-refractivity contribution in [3.63, 3.8) is 0 Å². The van der Waals surface area contributed by atoms with Gasteiger partial charge in [-0.05, 0) is 42.8 Å². The molecular formula is C21H32IN3O3S. The topological polar surface area (TPSA) is 64.1 Å². The number of aliphatic imine (C=N–C) groups is 1. The third-order valence-corrected chi connectivity index (χ3v) is 5.18. The fourth-order valence-electron chi connectivity index (χ4n) is 2.91. The summed E-state index contributed by atoms with van der Waals surface area (Å²) in [6.07, 6.45) is 1.06. The van der Waals surface area contributed by atoms with Crippen LogP contribution in [0.4, 0.5) is 0 Å². The van der Waals surface area contributed by atoms with E-state index in [1.54, 1.807) is 32.7 Å². The lowest BCUT2D eigenvalue weighted by atomic mass is 10.1. The predicted octanol–water partition coefficient (Wildman–Crippen LogP) is 4.33. The third-order valence-electron chi connectivity index (χ3n) is 4.29. The minimum atomic E-state index is 0. The van der Waals surface area contributed by atoms with Gasteiger partial charge in [0.1, 0.15) is 0 Å². The van der Waals surface area contributed by atoms with Crippen molar-refractivity contribution in [2.45, 2.75) is 26.8 Å². The SMILES string of the molecule is CCNC(=NCc1ccc(OC)c(OC)c1OC)NCC(C)Cc1cccs1.I. The summed E-state index contributed by atoms with van der Waals surface area (Å²) >= 11 is 1.80. The van der Waals surface area contributed by atoms with E-state index in [4.69, 9.17) is 19.2 Å². The number of halogens is 1. The maximum Gasteiger partial charge on any atom is 0.203 e. The molecule has 1 aromatic carbocycles. The van der Waals surface area contributed by atoms with E-state index in [1.807, 2.05) is 12.1 Å². The summed E-state index contributed by atoms with van der Waals surface area (Å²) < 4.78 is 16.3. The van der Waals surface area contributed by atoms with Crippen LogP contribution in [0, 0.1) is 5.92 Å². The van der Waals surface area contributed by atoms with Crippen LogP contribution in [0.15, 0.2) is 34.6 Å². The van der Waals surface area contributed by atoms with Gasteiger partial charge in [0, 0.05) is 23.5 Å². The van der Waals surface area contributed by atoms with Crippen LogP contribution in [0.5, 0.6) is 17.2 Å². The van der Waals surface area contributed by atoms with E-state index in [1.165, 1.54) is 4.88 Å². The van der Waals surface area contributed by atoms with Crippen LogP contribution in [-0.2, 0) is 13.0 Å². The van der Waals surface area contributed by atoms with Gasteiger partial charge in [-0.25, -0.2) is 4.99 Å². The van der Waals surface area contributed by atoms with Crippen LogP contribution in [0.25, 0.3) is 0 Å². The lowest BCUT2D eigenvalue weighted by Crippen LogP contribution is -2.39. The second-order valence-corrected chi connectivity index (χ2v) is 7.49. The van der Waals surface area contributed by atoms with Crippen molar-refractivity contribution in [3.8, 4) is 17.2 Å². The smallest absolute Gasteiger partial charge is 0.203 e. The molecule has 162 valence electrons. The minimum absolute atomic E-state index is 0. The quantitative estimate of drug-likeness (QED) is 0.271. The number of hydrogen-bond donors (Lipinski definition) is 2. The lowest BCUT2D eigenvalue weighted by Gasteiger charge is -2.17. The number of thiophene rings is 1. The molecule has 0 aliphatic carbocycles. The Morgan fingerprint density at radius 2 is 1.83 bits per heavy atom. The van der Waals surface area contributed by atoms with Crippen molar-refractivity contribution in [1.82, 2.24) is 10.6 Å². The van der Waals surface area contributed by atoms with Crippen molar-refractivity contribution >= 4 is 41.3 Å². The summed E-state index contributed by atoms with van der Waals surface area (Å²) in [5.41, 5.74) is 0.934. The maximum absolute atomic E-state index is 5.55. The Bertz CT molecular complexity index is 754. The molecule has 1 heterocycles. The molecule has 2 rings (SSSR count). The van der Waals surface area contributed by atoms with Gasteiger partial charge in [0.05, 0.1) is 27.9 Å². The zero-order chi connectivity index (χ0) is 20.4. The Labute approximate surface area is 195 Å². The van der Waals surface area contributed by atoms with E-state index < -0.39 is 0 Å². The van der Waals surface area contributed by atoms with E-state index in [-0.39, 0.29) is 24.0 Å². The minimum Gasteiger partial charge on any atom is -0.493 e. The summed E-state index contributed by atoms with van der Waals surface area (Å²) in [5.74, 6) is 3.17. The van der Waals surface area contributed by atoms with E-state index in [0.29, 0.717) is 29.7 Å². The van der Waals surface area contributed by atoms with Gasteiger partial charge in [-0.15, -0.1) is 35.3 Å². The fraction of sp³-hybridized carbons (Fsp3) is 0.476. The molecule has 1 aromatic heterocycles. The number of methoxy groups -OCH3 is 3.